The molecule has 1 aliphatic rings. The first kappa shape index (κ1) is 23.6. The van der Waals surface area contributed by atoms with Crippen molar-refractivity contribution in [1.29, 1.82) is 0 Å². The predicted octanol–water partition coefficient (Wildman–Crippen LogP) is 4.27. The van der Waals surface area contributed by atoms with E-state index in [1.165, 1.54) is 27.2 Å². The van der Waals surface area contributed by atoms with Crippen molar-refractivity contribution in [3.63, 3.8) is 0 Å². The van der Waals surface area contributed by atoms with Crippen molar-refractivity contribution in [1.82, 2.24) is 14.5 Å². The van der Waals surface area contributed by atoms with E-state index in [1.54, 1.807) is 19.2 Å². The lowest BCUT2D eigenvalue weighted by Crippen LogP contribution is -2.40. The SMILES string of the molecule is CN(C(=O)Cn1c(-c2ccc(F)cc2)nc2c(c1=O)CCN(Cc1ccccc1)C2)c1ccccc1. The van der Waals surface area contributed by atoms with Gasteiger partial charge in [-0.25, -0.2) is 9.37 Å². The van der Waals surface area contributed by atoms with Crippen molar-refractivity contribution in [3.05, 3.63) is 118 Å². The Morgan fingerprint density at radius 2 is 1.64 bits per heavy atom. The third kappa shape index (κ3) is 4.97. The Hall–Kier alpha value is -4.10. The summed E-state index contributed by atoms with van der Waals surface area (Å²) in [7, 11) is 1.69. The van der Waals surface area contributed by atoms with Crippen LogP contribution in [0.1, 0.15) is 16.8 Å². The van der Waals surface area contributed by atoms with Crippen LogP contribution in [0, 0.1) is 5.82 Å². The van der Waals surface area contributed by atoms with Crippen LogP contribution in [0.15, 0.2) is 89.7 Å². The van der Waals surface area contributed by atoms with Gasteiger partial charge in [0.05, 0.1) is 5.69 Å². The second kappa shape index (κ2) is 10.3. The molecular formula is C29H27FN4O2. The molecule has 0 aliphatic carbocycles. The fraction of sp³-hybridized carbons (Fsp3) is 0.207. The van der Waals surface area contributed by atoms with Gasteiger partial charge in [-0.3, -0.25) is 19.1 Å². The van der Waals surface area contributed by atoms with Gasteiger partial charge in [0, 0.05) is 43.5 Å². The number of carbonyl (C=O) groups is 1. The van der Waals surface area contributed by atoms with E-state index in [-0.39, 0.29) is 23.8 Å². The van der Waals surface area contributed by atoms with Gasteiger partial charge in [0.2, 0.25) is 5.91 Å². The summed E-state index contributed by atoms with van der Waals surface area (Å²) >= 11 is 0. The first-order valence-electron chi connectivity index (χ1n) is 12.0. The Labute approximate surface area is 209 Å². The van der Waals surface area contributed by atoms with E-state index in [0.29, 0.717) is 35.6 Å². The van der Waals surface area contributed by atoms with Gasteiger partial charge in [0.1, 0.15) is 18.2 Å². The molecule has 0 bridgehead atoms. The molecule has 0 N–H and O–H groups in total. The molecule has 1 aliphatic heterocycles. The molecule has 0 atom stereocenters. The number of carbonyl (C=O) groups excluding carboxylic acids is 1. The monoisotopic (exact) mass is 482 g/mol. The number of hydrogen-bond donors (Lipinski definition) is 0. The summed E-state index contributed by atoms with van der Waals surface area (Å²) in [4.78, 5) is 35.6. The highest BCUT2D eigenvalue weighted by Crippen LogP contribution is 2.23. The molecule has 2 heterocycles. The van der Waals surface area contributed by atoms with Gasteiger partial charge in [-0.1, -0.05) is 48.5 Å². The van der Waals surface area contributed by atoms with Crippen LogP contribution in [0.2, 0.25) is 0 Å². The molecule has 0 unspecified atom stereocenters. The van der Waals surface area contributed by atoms with Gasteiger partial charge in [0.25, 0.3) is 5.56 Å². The Kier molecular flexibility index (Phi) is 6.73. The fourth-order valence-corrected chi connectivity index (χ4v) is 4.56. The fourth-order valence-electron chi connectivity index (χ4n) is 4.56. The van der Waals surface area contributed by atoms with E-state index in [2.05, 4.69) is 17.0 Å². The van der Waals surface area contributed by atoms with E-state index in [4.69, 9.17) is 4.98 Å². The van der Waals surface area contributed by atoms with E-state index in [0.717, 1.165) is 18.8 Å². The standard InChI is InChI=1S/C29H27FN4O2/c1-32(24-10-6-3-7-11-24)27(35)20-34-28(22-12-14-23(30)15-13-22)31-26-19-33(17-16-25(26)29(34)36)18-21-8-4-2-5-9-21/h2-15H,16-20H2,1H3. The highest BCUT2D eigenvalue weighted by molar-refractivity contribution is 5.92. The largest absolute Gasteiger partial charge is 0.314 e. The molecule has 5 rings (SSSR count). The van der Waals surface area contributed by atoms with Crippen LogP contribution in [0.4, 0.5) is 10.1 Å². The Bertz CT molecular complexity index is 1420. The van der Waals surface area contributed by atoms with Crippen molar-refractivity contribution in [3.8, 4) is 11.4 Å². The Morgan fingerprint density at radius 1 is 0.972 bits per heavy atom. The van der Waals surface area contributed by atoms with Crippen molar-refractivity contribution in [2.75, 3.05) is 18.5 Å². The van der Waals surface area contributed by atoms with Gasteiger partial charge in [-0.05, 0) is 48.4 Å². The summed E-state index contributed by atoms with van der Waals surface area (Å²) in [5, 5.41) is 0. The number of halogens is 1. The Morgan fingerprint density at radius 3 is 2.33 bits per heavy atom. The summed E-state index contributed by atoms with van der Waals surface area (Å²) < 4.78 is 15.1. The topological polar surface area (TPSA) is 58.4 Å². The second-order valence-corrected chi connectivity index (χ2v) is 8.99. The zero-order valence-corrected chi connectivity index (χ0v) is 20.1. The van der Waals surface area contributed by atoms with Crippen molar-refractivity contribution in [2.24, 2.45) is 0 Å². The zero-order chi connectivity index (χ0) is 25.1. The van der Waals surface area contributed by atoms with E-state index in [1.807, 2.05) is 48.5 Å². The van der Waals surface area contributed by atoms with E-state index in [9.17, 15) is 14.0 Å². The van der Waals surface area contributed by atoms with Crippen LogP contribution in [-0.2, 0) is 30.8 Å². The predicted molar refractivity (Wildman–Crippen MR) is 138 cm³/mol. The Balaban J connectivity index is 1.50. The molecule has 0 fully saturated rings. The molecule has 0 saturated carbocycles. The number of likely N-dealkylation sites (N-methyl/N-ethyl adjacent to an activating group) is 1. The van der Waals surface area contributed by atoms with Crippen LogP contribution in [0.3, 0.4) is 0 Å². The van der Waals surface area contributed by atoms with E-state index >= 15 is 0 Å². The average molecular weight is 483 g/mol. The van der Waals surface area contributed by atoms with Gasteiger partial charge >= 0.3 is 0 Å². The molecular weight excluding hydrogens is 455 g/mol. The lowest BCUT2D eigenvalue weighted by molar-refractivity contribution is -0.118. The number of benzene rings is 3. The maximum atomic E-state index is 13.7. The summed E-state index contributed by atoms with van der Waals surface area (Å²) in [5.41, 5.74) is 3.66. The molecule has 0 spiro atoms. The lowest BCUT2D eigenvalue weighted by atomic mass is 10.0. The number of anilines is 1. The highest BCUT2D eigenvalue weighted by Gasteiger charge is 2.25. The number of hydrogen-bond acceptors (Lipinski definition) is 4. The maximum Gasteiger partial charge on any atom is 0.257 e. The first-order chi connectivity index (χ1) is 17.5. The number of para-hydroxylation sites is 1. The smallest absolute Gasteiger partial charge is 0.257 e. The number of amides is 1. The summed E-state index contributed by atoms with van der Waals surface area (Å²) in [6.45, 7) is 1.86. The molecule has 36 heavy (non-hydrogen) atoms. The third-order valence-electron chi connectivity index (χ3n) is 6.56. The van der Waals surface area contributed by atoms with Crippen LogP contribution in [0.25, 0.3) is 11.4 Å². The van der Waals surface area contributed by atoms with Crippen molar-refractivity contribution >= 4 is 11.6 Å². The zero-order valence-electron chi connectivity index (χ0n) is 20.1. The second-order valence-electron chi connectivity index (χ2n) is 8.99. The third-order valence-corrected chi connectivity index (χ3v) is 6.56. The van der Waals surface area contributed by atoms with Crippen LogP contribution in [-0.4, -0.2) is 34.0 Å². The van der Waals surface area contributed by atoms with Gasteiger partial charge in [0.15, 0.2) is 0 Å². The summed E-state index contributed by atoms with van der Waals surface area (Å²) in [5.74, 6) is -0.246. The molecule has 1 aromatic heterocycles. The quantitative estimate of drug-likeness (QED) is 0.412. The minimum atomic E-state index is -0.375. The van der Waals surface area contributed by atoms with Gasteiger partial charge < -0.3 is 4.90 Å². The van der Waals surface area contributed by atoms with Crippen LogP contribution >= 0.6 is 0 Å². The van der Waals surface area contributed by atoms with E-state index < -0.39 is 0 Å². The molecule has 0 saturated heterocycles. The number of rotatable bonds is 6. The summed E-state index contributed by atoms with van der Waals surface area (Å²) in [6, 6.07) is 25.3. The molecule has 0 radical (unpaired) electrons. The van der Waals surface area contributed by atoms with Gasteiger partial charge in [-0.15, -0.1) is 0 Å². The highest BCUT2D eigenvalue weighted by atomic mass is 19.1. The van der Waals surface area contributed by atoms with Crippen LogP contribution in [0.5, 0.6) is 0 Å². The van der Waals surface area contributed by atoms with Crippen molar-refractivity contribution in [2.45, 2.75) is 26.1 Å². The van der Waals surface area contributed by atoms with Gasteiger partial charge in [-0.2, -0.15) is 0 Å². The lowest BCUT2D eigenvalue weighted by Gasteiger charge is -2.29. The maximum absolute atomic E-state index is 13.7. The number of aromatic nitrogens is 2. The molecule has 3 aromatic carbocycles. The summed E-state index contributed by atoms with van der Waals surface area (Å²) in [6.07, 6.45) is 0.556. The minimum Gasteiger partial charge on any atom is -0.314 e. The average Bonchev–Trinajstić information content (AvgIpc) is 2.91. The normalized spacial score (nSPS) is 13.3. The molecule has 4 aromatic rings. The molecule has 182 valence electrons. The first-order valence-corrected chi connectivity index (χ1v) is 12.0. The van der Waals surface area contributed by atoms with Crippen molar-refractivity contribution < 1.29 is 9.18 Å². The molecule has 6 nitrogen and oxygen atoms in total. The number of nitrogens with zero attached hydrogens (tertiary/aromatic N) is 4. The van der Waals surface area contributed by atoms with Crippen LogP contribution < -0.4 is 10.5 Å². The minimum absolute atomic E-state index is 0.162. The molecule has 1 amide bonds. The number of fused-ring (bicyclic) bond motifs is 1. The molecule has 7 heteroatoms.